The van der Waals surface area contributed by atoms with E-state index in [-0.39, 0.29) is 44.3 Å². The van der Waals surface area contributed by atoms with Crippen molar-refractivity contribution in [2.45, 2.75) is 219 Å². The quantitative estimate of drug-likeness (QED) is 0.136. The van der Waals surface area contributed by atoms with Crippen LogP contribution in [-0.4, -0.2) is 103 Å². The number of hydrogen-bond donors (Lipinski definition) is 2. The van der Waals surface area contributed by atoms with Crippen molar-refractivity contribution in [2.24, 2.45) is 7.05 Å². The van der Waals surface area contributed by atoms with Gasteiger partial charge in [-0.25, -0.2) is 34.9 Å². The van der Waals surface area contributed by atoms with Gasteiger partial charge in [0.15, 0.2) is 0 Å². The van der Waals surface area contributed by atoms with Crippen LogP contribution in [0.4, 0.5) is 0 Å². The van der Waals surface area contributed by atoms with Crippen LogP contribution in [0, 0.1) is 41.5 Å². The molecule has 0 atom stereocenters. The Kier molecular flexibility index (Phi) is 27.7. The van der Waals surface area contributed by atoms with Crippen LogP contribution in [0.5, 0.6) is 17.2 Å². The molecule has 9 aromatic heterocycles. The van der Waals surface area contributed by atoms with E-state index in [4.69, 9.17) is 24.4 Å². The Morgan fingerprint density at radius 1 is 0.393 bits per heavy atom. The molecule has 9 heterocycles. The van der Waals surface area contributed by atoms with Gasteiger partial charge in [0.1, 0.15) is 28.6 Å². The molecule has 107 heavy (non-hydrogen) atoms. The van der Waals surface area contributed by atoms with E-state index in [2.05, 4.69) is 190 Å². The summed E-state index contributed by atoms with van der Waals surface area (Å²) in [5.74, 6) is 1.95. The molecule has 0 saturated carbocycles. The lowest BCUT2D eigenvalue weighted by atomic mass is 9.90. The predicted octanol–water partition coefficient (Wildman–Crippen LogP) is 19.9. The summed E-state index contributed by atoms with van der Waals surface area (Å²) in [4.78, 5) is 59.2. The smallest absolute Gasteiger partial charge is 0.119 e. The van der Waals surface area contributed by atoms with E-state index in [0.717, 1.165) is 148 Å². The zero-order chi connectivity index (χ0) is 79.1. The molecule has 0 aliphatic heterocycles. The molecule has 0 spiro atoms. The molecule has 12 aromatic rings. The highest BCUT2D eigenvalue weighted by molar-refractivity contribution is 7.07. The molecule has 0 bridgehead atoms. The molecule has 12 rings (SSSR count). The standard InChI is InChI=1S/C18H24N2O.C16H20N2O.C15H18N2O.C13H18N4.C12H16N4.C12H15N3S/c1-12(2)21-15-9-7-14(8-10-15)16-11-19-13(3)17(20-16)18(4,5)6;1-11-15(16(2,3)4)18-14(10-17-11)12-7-6-8-13(9-12)19-5;1-10-14(15(2,3)4)17-13(9-16-10)11-6-5-7-12(18)8-11;1-9-12(13(2,3)4)16-11(7-14-9)10-6-15-17(5)8-10;1-8-11(12(2,3)4)16-10(7-13-8)9-5-14-15-6-9;1-8-11(12(2,3)4)15-9(5-13-8)10-6-16-7-14-10/h7-12H,1-6H3;6-10H,1-5H3;5-9,18H,1-4H3;6-8H,1-5H3;5-7H,1-4H3,(H,14,15);5-7H,1-4H3. The lowest BCUT2D eigenvalue weighted by Crippen LogP contribution is -2.16. The maximum absolute atomic E-state index is 9.51. The second-order valence-corrected chi connectivity index (χ2v) is 33.6. The number of ether oxygens (including phenoxy) is 2. The molecule has 0 unspecified atom stereocenters. The Hall–Kier alpha value is -10.4. The first-order valence-corrected chi connectivity index (χ1v) is 37.0. The number of thiazole rings is 1. The van der Waals surface area contributed by atoms with Gasteiger partial charge < -0.3 is 14.6 Å². The molecule has 564 valence electrons. The topological polar surface area (TPSA) is 253 Å². The molecule has 0 fully saturated rings. The third kappa shape index (κ3) is 24.0. The highest BCUT2D eigenvalue weighted by atomic mass is 32.1. The van der Waals surface area contributed by atoms with Crippen molar-refractivity contribution >= 4 is 11.3 Å². The Morgan fingerprint density at radius 2 is 0.757 bits per heavy atom. The van der Waals surface area contributed by atoms with Crippen LogP contribution in [0.3, 0.4) is 0 Å². The SMILES string of the molecule is COc1cccc(-c2cnc(C)c(C(C)(C)C)n2)c1.Cc1ncc(-c2ccc(OC(C)C)cc2)nc1C(C)(C)C.Cc1ncc(-c2cccc(O)c2)nc1C(C)(C)C.Cc1ncc(-c2cn[nH]c2)nc1C(C)(C)C.Cc1ncc(-c2cnn(C)c2)nc1C(C)(C)C.Cc1ncc(-c2cscn2)nc1C(C)(C)C. The molecule has 0 radical (unpaired) electrons. The van der Waals surface area contributed by atoms with Crippen LogP contribution in [0.1, 0.15) is 207 Å². The fourth-order valence-corrected chi connectivity index (χ4v) is 12.0. The molecule has 2 N–H and O–H groups in total. The summed E-state index contributed by atoms with van der Waals surface area (Å²) in [5.41, 5.74) is 24.9. The Balaban J connectivity index is 0.000000179. The number of benzene rings is 3. The van der Waals surface area contributed by atoms with Crippen LogP contribution in [0.2, 0.25) is 0 Å². The summed E-state index contributed by atoms with van der Waals surface area (Å²) < 4.78 is 12.7. The first kappa shape index (κ1) is 83.9. The summed E-state index contributed by atoms with van der Waals surface area (Å²) in [7, 11) is 3.57. The minimum absolute atomic E-state index is 0.00616. The number of H-pyrrole nitrogens is 1. The Morgan fingerprint density at radius 3 is 1.09 bits per heavy atom. The van der Waals surface area contributed by atoms with E-state index in [9.17, 15) is 5.11 Å². The number of hydrogen-bond acceptors (Lipinski definition) is 19. The lowest BCUT2D eigenvalue weighted by Gasteiger charge is -2.20. The maximum atomic E-state index is 9.51. The van der Waals surface area contributed by atoms with Crippen molar-refractivity contribution < 1.29 is 14.6 Å². The van der Waals surface area contributed by atoms with Gasteiger partial charge in [-0.3, -0.25) is 39.7 Å². The monoisotopic (exact) mass is 1460 g/mol. The number of rotatable bonds is 9. The summed E-state index contributed by atoms with van der Waals surface area (Å²) in [6.07, 6.45) is 18.3. The van der Waals surface area contributed by atoms with Crippen molar-refractivity contribution in [3.05, 3.63) is 214 Å². The van der Waals surface area contributed by atoms with E-state index in [0.29, 0.717) is 0 Å². The van der Waals surface area contributed by atoms with Gasteiger partial charge in [-0.1, -0.05) is 149 Å². The van der Waals surface area contributed by atoms with Gasteiger partial charge in [0.05, 0.1) is 165 Å². The Bertz CT molecular complexity index is 4760. The number of aromatic amines is 1. The van der Waals surface area contributed by atoms with Gasteiger partial charge in [0, 0.05) is 85.1 Å². The molecule has 0 aliphatic carbocycles. The van der Waals surface area contributed by atoms with Crippen molar-refractivity contribution in [3.8, 4) is 84.9 Å². The number of methoxy groups -OCH3 is 1. The number of aryl methyl sites for hydroxylation is 7. The highest BCUT2D eigenvalue weighted by Crippen LogP contribution is 2.33. The fourth-order valence-electron chi connectivity index (χ4n) is 11.5. The van der Waals surface area contributed by atoms with Crippen LogP contribution >= 0.6 is 11.3 Å². The summed E-state index contributed by atoms with van der Waals surface area (Å²) >= 11 is 1.57. The van der Waals surface area contributed by atoms with Crippen molar-refractivity contribution in [1.82, 2.24) is 84.8 Å². The van der Waals surface area contributed by atoms with Crippen molar-refractivity contribution in [3.63, 3.8) is 0 Å². The molecule has 3 aromatic carbocycles. The maximum Gasteiger partial charge on any atom is 0.119 e. The van der Waals surface area contributed by atoms with Crippen LogP contribution in [0.15, 0.2) is 146 Å². The zero-order valence-corrected chi connectivity index (χ0v) is 69.1. The minimum atomic E-state index is -0.0378. The second kappa shape index (κ2) is 35.3. The molecule has 0 aliphatic rings. The van der Waals surface area contributed by atoms with E-state index in [1.807, 2.05) is 171 Å². The molecule has 21 heteroatoms. The lowest BCUT2D eigenvalue weighted by molar-refractivity contribution is 0.242. The first-order chi connectivity index (χ1) is 49.9. The van der Waals surface area contributed by atoms with Gasteiger partial charge in [-0.15, -0.1) is 11.3 Å². The van der Waals surface area contributed by atoms with Crippen molar-refractivity contribution in [2.75, 3.05) is 7.11 Å². The van der Waals surface area contributed by atoms with E-state index in [1.165, 1.54) is 0 Å². The zero-order valence-electron chi connectivity index (χ0n) is 68.3. The molecular formula is C86H111N17O3S. The van der Waals surface area contributed by atoms with E-state index >= 15 is 0 Å². The molecule has 0 saturated heterocycles. The van der Waals surface area contributed by atoms with E-state index < -0.39 is 0 Å². The van der Waals surface area contributed by atoms with Crippen LogP contribution in [0.25, 0.3) is 67.7 Å². The van der Waals surface area contributed by atoms with Crippen LogP contribution < -0.4 is 9.47 Å². The third-order valence-corrected chi connectivity index (χ3v) is 17.1. The summed E-state index contributed by atoms with van der Waals surface area (Å²) in [6.45, 7) is 54.6. The Labute approximate surface area is 638 Å². The number of aromatic nitrogens is 17. The number of phenols is 1. The van der Waals surface area contributed by atoms with Gasteiger partial charge in [-0.2, -0.15) is 10.2 Å². The third-order valence-electron chi connectivity index (χ3n) is 16.5. The molecule has 0 amide bonds. The average molecular weight is 1460 g/mol. The molecular weight excluding hydrogens is 1350 g/mol. The first-order valence-electron chi connectivity index (χ1n) is 36.0. The average Bonchev–Trinajstić information content (AvgIpc) is 1.41. The predicted molar refractivity (Wildman–Crippen MR) is 434 cm³/mol. The van der Waals surface area contributed by atoms with Crippen LogP contribution in [-0.2, 0) is 39.5 Å². The van der Waals surface area contributed by atoms with Gasteiger partial charge in [0.2, 0.25) is 0 Å². The summed E-state index contributed by atoms with van der Waals surface area (Å²) in [6, 6.07) is 23.0. The fraction of sp³-hybridized carbons (Fsp3) is 0.407. The number of nitrogens with zero attached hydrogens (tertiary/aromatic N) is 16. The number of phenolic OH excluding ortho intramolecular Hbond substituents is 1. The normalized spacial score (nSPS) is 11.7. The van der Waals surface area contributed by atoms with Gasteiger partial charge >= 0.3 is 0 Å². The molecule has 20 nitrogen and oxygen atoms in total. The van der Waals surface area contributed by atoms with Gasteiger partial charge in [-0.05, 0) is 104 Å². The number of nitrogens with one attached hydrogen (secondary N) is 1. The second-order valence-electron chi connectivity index (χ2n) is 32.9. The largest absolute Gasteiger partial charge is 0.508 e. The van der Waals surface area contributed by atoms with Gasteiger partial charge in [0.25, 0.3) is 0 Å². The van der Waals surface area contributed by atoms with Crippen molar-refractivity contribution in [1.29, 1.82) is 0 Å². The highest BCUT2D eigenvalue weighted by Gasteiger charge is 2.26. The van der Waals surface area contributed by atoms with E-state index in [1.54, 1.807) is 60.0 Å². The number of aromatic hydroxyl groups is 1. The minimum Gasteiger partial charge on any atom is -0.508 e. The summed E-state index contributed by atoms with van der Waals surface area (Å²) in [5, 5.41) is 22.4.